The van der Waals surface area contributed by atoms with Crippen molar-refractivity contribution in [3.05, 3.63) is 29.0 Å². The highest BCUT2D eigenvalue weighted by Crippen LogP contribution is 2.32. The highest BCUT2D eigenvalue weighted by atomic mass is 35.5. The van der Waals surface area contributed by atoms with Crippen LogP contribution in [-0.4, -0.2) is 41.5 Å². The highest BCUT2D eigenvalue weighted by molar-refractivity contribution is 8.00. The molecule has 0 saturated carbocycles. The van der Waals surface area contributed by atoms with Crippen LogP contribution in [-0.2, 0) is 14.8 Å². The molecule has 1 aliphatic rings. The van der Waals surface area contributed by atoms with Gasteiger partial charge in [-0.2, -0.15) is 4.31 Å². The first-order valence-corrected chi connectivity index (χ1v) is 8.09. The van der Waals surface area contributed by atoms with Crippen molar-refractivity contribution in [3.8, 4) is 0 Å². The normalized spacial score (nSPS) is 20.6. The number of nitrogens with zero attached hydrogens (tertiary/aromatic N) is 1. The lowest BCUT2D eigenvalue weighted by molar-refractivity contribution is -0.140. The summed E-state index contributed by atoms with van der Waals surface area (Å²) in [5, 5.41) is 8.85. The number of aliphatic carboxylic acids is 1. The van der Waals surface area contributed by atoms with Crippen molar-refractivity contribution in [2.75, 3.05) is 11.6 Å². The fraction of sp³-hybridized carbons (Fsp3) is 0.300. The van der Waals surface area contributed by atoms with E-state index in [2.05, 4.69) is 0 Å². The van der Waals surface area contributed by atoms with Gasteiger partial charge in [-0.05, 0) is 18.2 Å². The first-order valence-electron chi connectivity index (χ1n) is 5.11. The lowest BCUT2D eigenvalue weighted by Crippen LogP contribution is -2.41. The first kappa shape index (κ1) is 14.6. The van der Waals surface area contributed by atoms with Crippen LogP contribution >= 0.6 is 23.4 Å². The number of benzene rings is 1. The Kier molecular flexibility index (Phi) is 4.05. The topological polar surface area (TPSA) is 74.7 Å². The number of sulfonamides is 1. The van der Waals surface area contributed by atoms with Crippen molar-refractivity contribution in [1.29, 1.82) is 0 Å². The fourth-order valence-corrected chi connectivity index (χ4v) is 5.28. The van der Waals surface area contributed by atoms with Crippen molar-refractivity contribution in [2.24, 2.45) is 0 Å². The lowest BCUT2D eigenvalue weighted by Gasteiger charge is -2.20. The fourth-order valence-electron chi connectivity index (χ4n) is 1.66. The van der Waals surface area contributed by atoms with E-state index in [1.54, 1.807) is 0 Å². The van der Waals surface area contributed by atoms with Crippen molar-refractivity contribution >= 4 is 39.4 Å². The minimum Gasteiger partial charge on any atom is -0.480 e. The molecule has 1 aliphatic heterocycles. The summed E-state index contributed by atoms with van der Waals surface area (Å²) < 4.78 is 38.6. The van der Waals surface area contributed by atoms with E-state index < -0.39 is 32.7 Å². The zero-order chi connectivity index (χ0) is 14.2. The Balaban J connectivity index is 2.48. The van der Waals surface area contributed by atoms with E-state index in [0.717, 1.165) is 22.5 Å². The van der Waals surface area contributed by atoms with Crippen molar-refractivity contribution in [3.63, 3.8) is 0 Å². The Labute approximate surface area is 118 Å². The highest BCUT2D eigenvalue weighted by Gasteiger charge is 2.40. The summed E-state index contributed by atoms with van der Waals surface area (Å²) in [6, 6.07) is 1.80. The van der Waals surface area contributed by atoms with Gasteiger partial charge in [-0.25, -0.2) is 12.8 Å². The van der Waals surface area contributed by atoms with Crippen LogP contribution in [0.25, 0.3) is 0 Å². The largest absolute Gasteiger partial charge is 0.480 e. The Morgan fingerprint density at radius 3 is 2.84 bits per heavy atom. The third kappa shape index (κ3) is 2.71. The molecule has 1 N–H and O–H groups in total. The average molecular weight is 326 g/mol. The van der Waals surface area contributed by atoms with Gasteiger partial charge in [0.15, 0.2) is 0 Å². The molecule has 1 atom stereocenters. The third-order valence-electron chi connectivity index (χ3n) is 2.61. The minimum absolute atomic E-state index is 0.00609. The molecule has 1 aromatic carbocycles. The maximum absolute atomic E-state index is 13.2. The number of carbonyl (C=O) groups is 1. The van der Waals surface area contributed by atoms with Crippen LogP contribution in [0, 0.1) is 5.82 Å². The van der Waals surface area contributed by atoms with Crippen molar-refractivity contribution < 1.29 is 22.7 Å². The maximum Gasteiger partial charge on any atom is 0.322 e. The van der Waals surface area contributed by atoms with Gasteiger partial charge in [0.05, 0.1) is 10.9 Å². The van der Waals surface area contributed by atoms with Crippen LogP contribution in [0.3, 0.4) is 0 Å². The standard InChI is InChI=1S/C10H9ClFNO4S2/c11-7-2-1-6(12)3-9(7)19(16,17)13-5-18-4-8(13)10(14)15/h1-3,8H,4-5H2,(H,14,15). The molecule has 2 rings (SSSR count). The maximum atomic E-state index is 13.2. The molecular formula is C10H9ClFNO4S2. The second-order valence-corrected chi connectivity index (χ2v) is 7.09. The summed E-state index contributed by atoms with van der Waals surface area (Å²) in [4.78, 5) is 10.6. The predicted octanol–water partition coefficient (Wildman–Crippen LogP) is 1.63. The quantitative estimate of drug-likeness (QED) is 0.914. The molecule has 1 heterocycles. The Bertz CT molecular complexity index is 622. The number of halogens is 2. The van der Waals surface area contributed by atoms with Crippen molar-refractivity contribution in [1.82, 2.24) is 4.31 Å². The van der Waals surface area contributed by atoms with Gasteiger partial charge in [-0.3, -0.25) is 4.79 Å². The summed E-state index contributed by atoms with van der Waals surface area (Å²) in [5.74, 6) is -1.82. The van der Waals surface area contributed by atoms with E-state index in [9.17, 15) is 17.6 Å². The minimum atomic E-state index is -4.13. The Morgan fingerprint density at radius 2 is 2.21 bits per heavy atom. The molecule has 5 nitrogen and oxygen atoms in total. The molecule has 1 fully saturated rings. The SMILES string of the molecule is O=C(O)C1CSCN1S(=O)(=O)c1cc(F)ccc1Cl. The van der Waals surface area contributed by atoms with Crippen LogP contribution in [0.15, 0.2) is 23.1 Å². The molecule has 0 aliphatic carbocycles. The molecule has 0 radical (unpaired) electrons. The van der Waals surface area contributed by atoms with Gasteiger partial charge < -0.3 is 5.11 Å². The van der Waals surface area contributed by atoms with E-state index >= 15 is 0 Å². The number of carboxylic acid groups (broad SMARTS) is 1. The zero-order valence-corrected chi connectivity index (χ0v) is 11.8. The average Bonchev–Trinajstić information content (AvgIpc) is 2.82. The Hall–Kier alpha value is -0.830. The number of carboxylic acids is 1. The second-order valence-electron chi connectivity index (χ2n) is 3.82. The van der Waals surface area contributed by atoms with E-state index in [1.807, 2.05) is 0 Å². The molecule has 0 amide bonds. The van der Waals surface area contributed by atoms with Gasteiger partial charge in [0, 0.05) is 5.75 Å². The van der Waals surface area contributed by atoms with Crippen LogP contribution in [0.5, 0.6) is 0 Å². The zero-order valence-electron chi connectivity index (χ0n) is 9.42. The van der Waals surface area contributed by atoms with Crippen molar-refractivity contribution in [2.45, 2.75) is 10.9 Å². The second kappa shape index (κ2) is 5.28. The molecule has 19 heavy (non-hydrogen) atoms. The summed E-state index contributed by atoms with van der Waals surface area (Å²) in [5.41, 5.74) is 0. The molecule has 104 valence electrons. The number of rotatable bonds is 3. The van der Waals surface area contributed by atoms with Gasteiger partial charge in [-0.15, -0.1) is 11.8 Å². The number of thioether (sulfide) groups is 1. The number of hydrogen-bond acceptors (Lipinski definition) is 4. The molecule has 0 aromatic heterocycles. The molecule has 1 saturated heterocycles. The van der Waals surface area contributed by atoms with Crippen LogP contribution in [0.2, 0.25) is 5.02 Å². The first-order chi connectivity index (χ1) is 8.84. The molecule has 1 aromatic rings. The molecule has 1 unspecified atom stereocenters. The third-order valence-corrected chi connectivity index (χ3v) is 6.12. The van der Waals surface area contributed by atoms with Gasteiger partial charge in [0.2, 0.25) is 10.0 Å². The van der Waals surface area contributed by atoms with Crippen LogP contribution in [0.1, 0.15) is 0 Å². The smallest absolute Gasteiger partial charge is 0.322 e. The van der Waals surface area contributed by atoms with Gasteiger partial charge in [0.1, 0.15) is 16.8 Å². The number of hydrogen-bond donors (Lipinski definition) is 1. The summed E-state index contributed by atoms with van der Waals surface area (Å²) >= 11 is 6.94. The summed E-state index contributed by atoms with van der Waals surface area (Å²) in [7, 11) is -4.13. The van der Waals surface area contributed by atoms with Gasteiger partial charge in [-0.1, -0.05) is 11.6 Å². The van der Waals surface area contributed by atoms with E-state index in [4.69, 9.17) is 16.7 Å². The molecule has 0 spiro atoms. The Morgan fingerprint density at radius 1 is 1.53 bits per heavy atom. The molecule has 9 heteroatoms. The monoisotopic (exact) mass is 325 g/mol. The van der Waals surface area contributed by atoms with E-state index in [1.165, 1.54) is 11.8 Å². The molecular weight excluding hydrogens is 317 g/mol. The summed E-state index contributed by atoms with van der Waals surface area (Å²) in [6.45, 7) is 0. The van der Waals surface area contributed by atoms with E-state index in [-0.39, 0.29) is 16.7 Å². The molecule has 0 bridgehead atoms. The summed E-state index contributed by atoms with van der Waals surface area (Å²) in [6.07, 6.45) is 0. The van der Waals surface area contributed by atoms with E-state index in [0.29, 0.717) is 0 Å². The van der Waals surface area contributed by atoms with Gasteiger partial charge in [0.25, 0.3) is 0 Å². The van der Waals surface area contributed by atoms with Gasteiger partial charge >= 0.3 is 5.97 Å². The lowest BCUT2D eigenvalue weighted by atomic mass is 10.3. The van der Waals surface area contributed by atoms with Crippen LogP contribution in [0.4, 0.5) is 4.39 Å². The van der Waals surface area contributed by atoms with Crippen LogP contribution < -0.4 is 0 Å². The predicted molar refractivity (Wildman–Crippen MR) is 69.2 cm³/mol.